The van der Waals surface area contributed by atoms with Crippen LogP contribution in [-0.4, -0.2) is 11.9 Å². The third kappa shape index (κ3) is 4.40. The third-order valence-electron chi connectivity index (χ3n) is 2.44. The second kappa shape index (κ2) is 7.25. The van der Waals surface area contributed by atoms with Crippen LogP contribution in [0.1, 0.15) is 25.3 Å². The molecule has 0 heterocycles. The highest BCUT2D eigenvalue weighted by atomic mass is 79.9. The molecule has 0 amide bonds. The summed E-state index contributed by atoms with van der Waals surface area (Å²) in [6, 6.07) is 5.48. The van der Waals surface area contributed by atoms with Crippen LogP contribution in [0.3, 0.4) is 0 Å². The Balaban J connectivity index is 2.45. The predicted octanol–water partition coefficient (Wildman–Crippen LogP) is 4.09. The highest BCUT2D eigenvalue weighted by molar-refractivity contribution is 9.10. The van der Waals surface area contributed by atoms with E-state index in [1.165, 1.54) is 6.07 Å². The summed E-state index contributed by atoms with van der Waals surface area (Å²) in [5, 5.41) is 3.35. The van der Waals surface area contributed by atoms with E-state index in [9.17, 15) is 4.39 Å². The zero-order valence-electron chi connectivity index (χ0n) is 9.27. The first-order valence-electron chi connectivity index (χ1n) is 5.37. The largest absolute Gasteiger partial charge is 0.310 e. The number of rotatable bonds is 6. The van der Waals surface area contributed by atoms with Crippen molar-refractivity contribution < 1.29 is 4.39 Å². The molecule has 1 N–H and O–H groups in total. The topological polar surface area (TPSA) is 12.0 Å². The Morgan fingerprint density at radius 2 is 2.25 bits per heavy atom. The average molecular weight is 309 g/mol. The van der Waals surface area contributed by atoms with Gasteiger partial charge < -0.3 is 5.32 Å². The lowest BCUT2D eigenvalue weighted by atomic mass is 10.1. The lowest BCUT2D eigenvalue weighted by Crippen LogP contribution is -2.25. The molecule has 0 fully saturated rings. The lowest BCUT2D eigenvalue weighted by molar-refractivity contribution is 0.507. The minimum Gasteiger partial charge on any atom is -0.310 e. The van der Waals surface area contributed by atoms with Gasteiger partial charge in [0.15, 0.2) is 0 Å². The van der Waals surface area contributed by atoms with Crippen molar-refractivity contribution in [3.63, 3.8) is 0 Å². The smallest absolute Gasteiger partial charge is 0.137 e. The van der Waals surface area contributed by atoms with Crippen molar-refractivity contribution in [2.75, 3.05) is 5.88 Å². The van der Waals surface area contributed by atoms with Crippen molar-refractivity contribution in [2.45, 2.75) is 32.4 Å². The number of hydrogen-bond acceptors (Lipinski definition) is 1. The van der Waals surface area contributed by atoms with Gasteiger partial charge in [-0.2, -0.15) is 0 Å². The number of hydrogen-bond donors (Lipinski definition) is 1. The van der Waals surface area contributed by atoms with Crippen LogP contribution in [-0.2, 0) is 6.54 Å². The van der Waals surface area contributed by atoms with Crippen LogP contribution < -0.4 is 5.32 Å². The highest BCUT2D eigenvalue weighted by Gasteiger charge is 2.06. The molecule has 0 saturated heterocycles. The zero-order valence-corrected chi connectivity index (χ0v) is 11.6. The SMILES string of the molecule is CC(CCCCl)NCc1cccc(F)c1Br. The fourth-order valence-electron chi connectivity index (χ4n) is 1.45. The van der Waals surface area contributed by atoms with Gasteiger partial charge >= 0.3 is 0 Å². The van der Waals surface area contributed by atoms with Crippen LogP contribution in [0.15, 0.2) is 22.7 Å². The molecule has 0 radical (unpaired) electrons. The molecular weight excluding hydrogens is 292 g/mol. The second-order valence-electron chi connectivity index (χ2n) is 3.83. The molecule has 1 nitrogen and oxygen atoms in total. The van der Waals surface area contributed by atoms with Crippen LogP contribution in [0, 0.1) is 5.82 Å². The Hall–Kier alpha value is -0.120. The maximum Gasteiger partial charge on any atom is 0.137 e. The summed E-state index contributed by atoms with van der Waals surface area (Å²) in [5.41, 5.74) is 0.942. The van der Waals surface area contributed by atoms with E-state index in [4.69, 9.17) is 11.6 Å². The molecule has 0 aliphatic rings. The van der Waals surface area contributed by atoms with Crippen LogP contribution in [0.5, 0.6) is 0 Å². The first-order chi connectivity index (χ1) is 7.65. The standard InChI is InChI=1S/C12H16BrClFN/c1-9(4-3-7-14)16-8-10-5-2-6-11(15)12(10)13/h2,5-6,9,16H,3-4,7-8H2,1H3. The van der Waals surface area contributed by atoms with Gasteiger partial charge in [-0.3, -0.25) is 0 Å². The van der Waals surface area contributed by atoms with Gasteiger partial charge in [-0.1, -0.05) is 12.1 Å². The summed E-state index contributed by atoms with van der Waals surface area (Å²) in [6.45, 7) is 2.78. The maximum atomic E-state index is 13.2. The summed E-state index contributed by atoms with van der Waals surface area (Å²) in [6.07, 6.45) is 2.04. The van der Waals surface area contributed by atoms with Gasteiger partial charge in [0.05, 0.1) is 4.47 Å². The van der Waals surface area contributed by atoms with Crippen molar-refractivity contribution >= 4 is 27.5 Å². The Morgan fingerprint density at radius 3 is 2.94 bits per heavy atom. The van der Waals surface area contributed by atoms with Crippen LogP contribution >= 0.6 is 27.5 Å². The van der Waals surface area contributed by atoms with Gasteiger partial charge in [0, 0.05) is 18.5 Å². The van der Waals surface area contributed by atoms with Gasteiger partial charge in [-0.25, -0.2) is 4.39 Å². The van der Waals surface area contributed by atoms with E-state index >= 15 is 0 Å². The van der Waals surface area contributed by atoms with Gasteiger partial charge in [0.1, 0.15) is 5.82 Å². The molecule has 4 heteroatoms. The molecule has 16 heavy (non-hydrogen) atoms. The normalized spacial score (nSPS) is 12.8. The Morgan fingerprint density at radius 1 is 1.50 bits per heavy atom. The van der Waals surface area contributed by atoms with E-state index in [-0.39, 0.29) is 5.82 Å². The molecule has 0 aliphatic heterocycles. The Kier molecular flexibility index (Phi) is 6.32. The number of halogens is 3. The van der Waals surface area contributed by atoms with E-state index in [2.05, 4.69) is 28.2 Å². The molecule has 1 atom stereocenters. The number of alkyl halides is 1. The van der Waals surface area contributed by atoms with Gasteiger partial charge in [-0.15, -0.1) is 11.6 Å². The van der Waals surface area contributed by atoms with Crippen molar-refractivity contribution in [1.29, 1.82) is 0 Å². The van der Waals surface area contributed by atoms with Crippen LogP contribution in [0.25, 0.3) is 0 Å². The van der Waals surface area contributed by atoms with Crippen molar-refractivity contribution in [1.82, 2.24) is 5.32 Å². The first kappa shape index (κ1) is 13.9. The molecule has 0 aromatic heterocycles. The Bertz CT molecular complexity index is 333. The van der Waals surface area contributed by atoms with Crippen molar-refractivity contribution in [3.05, 3.63) is 34.1 Å². The van der Waals surface area contributed by atoms with Crippen LogP contribution in [0.4, 0.5) is 4.39 Å². The molecule has 1 rings (SSSR count). The van der Waals surface area contributed by atoms with E-state index in [1.54, 1.807) is 6.07 Å². The molecule has 0 bridgehead atoms. The Labute approximate surface area is 110 Å². The molecule has 0 aliphatic carbocycles. The molecule has 1 aromatic rings. The fourth-order valence-corrected chi connectivity index (χ4v) is 2.01. The van der Waals surface area contributed by atoms with Crippen molar-refractivity contribution in [3.8, 4) is 0 Å². The molecule has 1 unspecified atom stereocenters. The summed E-state index contributed by atoms with van der Waals surface area (Å²) >= 11 is 8.87. The quantitative estimate of drug-likeness (QED) is 0.781. The average Bonchev–Trinajstić information content (AvgIpc) is 2.28. The maximum absolute atomic E-state index is 13.2. The molecule has 0 spiro atoms. The predicted molar refractivity (Wildman–Crippen MR) is 70.4 cm³/mol. The summed E-state index contributed by atoms with van der Waals surface area (Å²) in [5.74, 6) is 0.475. The lowest BCUT2D eigenvalue weighted by Gasteiger charge is -2.14. The number of benzene rings is 1. The minimum atomic E-state index is -0.215. The fraction of sp³-hybridized carbons (Fsp3) is 0.500. The van der Waals surface area contributed by atoms with E-state index in [0.29, 0.717) is 22.9 Å². The molecule has 90 valence electrons. The first-order valence-corrected chi connectivity index (χ1v) is 6.70. The molecular formula is C12H16BrClFN. The second-order valence-corrected chi connectivity index (χ2v) is 5.00. The summed E-state index contributed by atoms with van der Waals surface area (Å²) in [7, 11) is 0. The van der Waals surface area contributed by atoms with Gasteiger partial charge in [-0.05, 0) is 47.3 Å². The summed E-state index contributed by atoms with van der Waals surface area (Å²) in [4.78, 5) is 0. The number of nitrogens with one attached hydrogen (secondary N) is 1. The van der Waals surface area contributed by atoms with Crippen molar-refractivity contribution in [2.24, 2.45) is 0 Å². The van der Waals surface area contributed by atoms with Gasteiger partial charge in [0.2, 0.25) is 0 Å². The minimum absolute atomic E-state index is 0.215. The zero-order chi connectivity index (χ0) is 12.0. The van der Waals surface area contributed by atoms with Gasteiger partial charge in [0.25, 0.3) is 0 Å². The highest BCUT2D eigenvalue weighted by Crippen LogP contribution is 2.20. The monoisotopic (exact) mass is 307 g/mol. The van der Waals surface area contributed by atoms with Crippen LogP contribution in [0.2, 0.25) is 0 Å². The third-order valence-corrected chi connectivity index (χ3v) is 3.60. The summed E-state index contributed by atoms with van der Waals surface area (Å²) < 4.78 is 13.8. The molecule has 0 saturated carbocycles. The van der Waals surface area contributed by atoms with E-state index in [0.717, 1.165) is 18.4 Å². The van der Waals surface area contributed by atoms with E-state index in [1.807, 2.05) is 6.07 Å². The van der Waals surface area contributed by atoms with E-state index < -0.39 is 0 Å². The molecule has 1 aromatic carbocycles.